The molecule has 0 fully saturated rings. The van der Waals surface area contributed by atoms with Crippen LogP contribution >= 0.6 is 31.6 Å². The fourth-order valence-corrected chi connectivity index (χ4v) is 3.35. The summed E-state index contributed by atoms with van der Waals surface area (Å²) in [6.07, 6.45) is 1.62. The van der Waals surface area contributed by atoms with Crippen LogP contribution < -0.4 is 0 Å². The number of hydrogen-bond donors (Lipinski definition) is 0. The van der Waals surface area contributed by atoms with Gasteiger partial charge < -0.3 is 9.05 Å². The Bertz CT molecular complexity index is 227. The Labute approximate surface area is 93.3 Å². The van der Waals surface area contributed by atoms with Crippen LogP contribution in [0.1, 0.15) is 13.8 Å². The molecule has 0 aliphatic heterocycles. The van der Waals surface area contributed by atoms with Crippen molar-refractivity contribution in [2.75, 3.05) is 19.5 Å². The second-order valence-electron chi connectivity index (χ2n) is 2.23. The van der Waals surface area contributed by atoms with E-state index in [1.165, 1.54) is 0 Å². The summed E-state index contributed by atoms with van der Waals surface area (Å²) in [6, 6.07) is 0. The van der Waals surface area contributed by atoms with Gasteiger partial charge >= 0.3 is 7.60 Å². The molecule has 1 atom stereocenters. The Hall–Kier alpha value is 0.520. The van der Waals surface area contributed by atoms with E-state index in [-0.39, 0.29) is 17.4 Å². The number of thioether (sulfide) groups is 1. The molecule has 0 bridgehead atoms. The van der Waals surface area contributed by atoms with Crippen molar-refractivity contribution < 1.29 is 18.0 Å². The normalized spacial score (nSPS) is 14.0. The molecule has 0 spiro atoms. The average molecular weight is 260 g/mol. The van der Waals surface area contributed by atoms with E-state index in [9.17, 15) is 8.96 Å². The number of alkyl halides is 1. The molecule has 0 saturated heterocycles. The van der Waals surface area contributed by atoms with E-state index in [1.807, 2.05) is 0 Å². The molecule has 84 valence electrons. The maximum absolute atomic E-state index is 13.5. The fraction of sp³-hybridized carbons (Fsp3) is 0.857. The van der Waals surface area contributed by atoms with Gasteiger partial charge in [0.1, 0.15) is 0 Å². The molecule has 3 nitrogen and oxygen atoms in total. The van der Waals surface area contributed by atoms with Crippen LogP contribution in [-0.2, 0) is 13.6 Å². The molecule has 1 unspecified atom stereocenters. The average Bonchev–Trinajstić information content (AvgIpc) is 2.16. The van der Waals surface area contributed by atoms with Crippen molar-refractivity contribution in [1.82, 2.24) is 0 Å². The van der Waals surface area contributed by atoms with E-state index in [0.29, 0.717) is 0 Å². The van der Waals surface area contributed by atoms with Crippen LogP contribution in [0.15, 0.2) is 0 Å². The summed E-state index contributed by atoms with van der Waals surface area (Å²) >= 11 is 5.75. The minimum absolute atomic E-state index is 0.00441. The molecule has 7 heteroatoms. The number of rotatable bonds is 6. The molecule has 0 amide bonds. The van der Waals surface area contributed by atoms with Crippen LogP contribution in [-0.4, -0.2) is 29.6 Å². The third-order valence-corrected chi connectivity index (χ3v) is 5.01. The highest BCUT2D eigenvalue weighted by atomic mass is 32.2. The lowest BCUT2D eigenvalue weighted by atomic mass is 10.9. The lowest BCUT2D eigenvalue weighted by Gasteiger charge is -2.20. The van der Waals surface area contributed by atoms with E-state index in [1.54, 1.807) is 20.1 Å². The van der Waals surface area contributed by atoms with E-state index < -0.39 is 13.5 Å². The standard InChI is InChI=1S/C7H14FO3PS2/c1-4-10-12(9,11-5-2)6(8)7(13)14-3/h6H,4-5H2,1-3H3. The SMILES string of the molecule is CCOP(=O)(OCC)C(F)C(=S)SC. The first-order valence-corrected chi connectivity index (χ1v) is 7.37. The zero-order valence-electron chi connectivity index (χ0n) is 8.36. The van der Waals surface area contributed by atoms with Gasteiger partial charge in [0, 0.05) is 0 Å². The zero-order chi connectivity index (χ0) is 11.2. The van der Waals surface area contributed by atoms with Crippen molar-refractivity contribution in [3.8, 4) is 0 Å². The lowest BCUT2D eigenvalue weighted by molar-refractivity contribution is 0.203. The summed E-state index contributed by atoms with van der Waals surface area (Å²) in [5.41, 5.74) is 0. The van der Waals surface area contributed by atoms with Crippen LogP contribution in [0.25, 0.3) is 0 Å². The van der Waals surface area contributed by atoms with Gasteiger partial charge in [-0.15, -0.1) is 11.8 Å². The molecule has 0 aromatic rings. The molecule has 0 aromatic carbocycles. The molecule has 0 aromatic heterocycles. The Morgan fingerprint density at radius 2 is 1.93 bits per heavy atom. The monoisotopic (exact) mass is 260 g/mol. The second-order valence-corrected chi connectivity index (χ2v) is 5.83. The number of halogens is 1. The third kappa shape index (κ3) is 3.95. The first-order chi connectivity index (χ1) is 6.51. The van der Waals surface area contributed by atoms with Crippen molar-refractivity contribution in [1.29, 1.82) is 0 Å². The van der Waals surface area contributed by atoms with Crippen LogP contribution in [0.2, 0.25) is 0 Å². The Morgan fingerprint density at radius 3 is 2.21 bits per heavy atom. The third-order valence-electron chi connectivity index (χ3n) is 1.29. The summed E-state index contributed by atoms with van der Waals surface area (Å²) in [5, 5.41) is 0. The quantitative estimate of drug-likeness (QED) is 0.541. The van der Waals surface area contributed by atoms with E-state index in [0.717, 1.165) is 11.8 Å². The minimum Gasteiger partial charge on any atom is -0.307 e. The van der Waals surface area contributed by atoms with Crippen LogP contribution in [0.4, 0.5) is 4.39 Å². The highest BCUT2D eigenvalue weighted by molar-refractivity contribution is 8.23. The highest BCUT2D eigenvalue weighted by Gasteiger charge is 2.38. The predicted molar refractivity (Wildman–Crippen MR) is 61.9 cm³/mol. The Kier molecular flexibility index (Phi) is 7.16. The van der Waals surface area contributed by atoms with Gasteiger partial charge in [0.05, 0.1) is 17.4 Å². The fourth-order valence-electron chi connectivity index (χ4n) is 0.754. The van der Waals surface area contributed by atoms with Crippen molar-refractivity contribution in [2.45, 2.75) is 19.8 Å². The van der Waals surface area contributed by atoms with Crippen LogP contribution in [0, 0.1) is 0 Å². The van der Waals surface area contributed by atoms with Gasteiger partial charge in [0.25, 0.3) is 0 Å². The van der Waals surface area contributed by atoms with Gasteiger partial charge in [-0.1, -0.05) is 12.2 Å². The largest absolute Gasteiger partial charge is 0.370 e. The maximum atomic E-state index is 13.5. The highest BCUT2D eigenvalue weighted by Crippen LogP contribution is 2.55. The smallest absolute Gasteiger partial charge is 0.307 e. The Morgan fingerprint density at radius 1 is 1.50 bits per heavy atom. The zero-order valence-corrected chi connectivity index (χ0v) is 10.9. The van der Waals surface area contributed by atoms with E-state index in [4.69, 9.17) is 21.3 Å². The molecule has 0 radical (unpaired) electrons. The molecule has 0 N–H and O–H groups in total. The minimum atomic E-state index is -3.71. The molecule has 0 aliphatic rings. The first kappa shape index (κ1) is 14.5. The molecule has 0 rings (SSSR count). The topological polar surface area (TPSA) is 35.5 Å². The van der Waals surface area contributed by atoms with Gasteiger partial charge in [-0.3, -0.25) is 4.57 Å². The summed E-state index contributed by atoms with van der Waals surface area (Å²) in [7, 11) is -3.71. The molecular formula is C7H14FO3PS2. The van der Waals surface area contributed by atoms with Crippen molar-refractivity contribution in [3.05, 3.63) is 0 Å². The van der Waals surface area contributed by atoms with Crippen molar-refractivity contribution in [3.63, 3.8) is 0 Å². The molecule has 14 heavy (non-hydrogen) atoms. The Balaban J connectivity index is 4.63. The van der Waals surface area contributed by atoms with Crippen LogP contribution in [0.3, 0.4) is 0 Å². The van der Waals surface area contributed by atoms with Gasteiger partial charge in [-0.25, -0.2) is 4.39 Å². The maximum Gasteiger partial charge on any atom is 0.370 e. The second kappa shape index (κ2) is 6.90. The summed E-state index contributed by atoms with van der Waals surface area (Å²) in [5.74, 6) is -1.83. The van der Waals surface area contributed by atoms with Gasteiger partial charge in [-0.05, 0) is 20.1 Å². The summed E-state index contributed by atoms with van der Waals surface area (Å²) < 4.78 is 35.0. The van der Waals surface area contributed by atoms with Gasteiger partial charge in [-0.2, -0.15) is 0 Å². The van der Waals surface area contributed by atoms with E-state index >= 15 is 0 Å². The lowest BCUT2D eigenvalue weighted by Crippen LogP contribution is -2.14. The first-order valence-electron chi connectivity index (χ1n) is 4.12. The van der Waals surface area contributed by atoms with Gasteiger partial charge in [0.2, 0.25) is 5.91 Å². The van der Waals surface area contributed by atoms with E-state index in [2.05, 4.69) is 0 Å². The number of hydrogen-bond acceptors (Lipinski definition) is 5. The van der Waals surface area contributed by atoms with Crippen molar-refractivity contribution >= 4 is 35.8 Å². The van der Waals surface area contributed by atoms with Crippen LogP contribution in [0.5, 0.6) is 0 Å². The molecule has 0 saturated carbocycles. The number of thiocarbonyl (C=S) groups is 1. The molecular weight excluding hydrogens is 246 g/mol. The summed E-state index contributed by atoms with van der Waals surface area (Å²) in [6.45, 7) is 3.52. The summed E-state index contributed by atoms with van der Waals surface area (Å²) in [4.78, 5) is 0. The molecule has 0 aliphatic carbocycles. The molecule has 0 heterocycles. The predicted octanol–water partition coefficient (Wildman–Crippen LogP) is 3.24. The van der Waals surface area contributed by atoms with Gasteiger partial charge in [0.15, 0.2) is 0 Å². The van der Waals surface area contributed by atoms with Crippen molar-refractivity contribution in [2.24, 2.45) is 0 Å².